The van der Waals surface area contributed by atoms with Gasteiger partial charge in [0.05, 0.1) is 29.9 Å². The van der Waals surface area contributed by atoms with Crippen molar-refractivity contribution in [3.8, 4) is 17.6 Å². The van der Waals surface area contributed by atoms with Crippen LogP contribution in [-0.2, 0) is 27.5 Å². The summed E-state index contributed by atoms with van der Waals surface area (Å²) in [4.78, 5) is 34.3. The normalized spacial score (nSPS) is 23.0. The van der Waals surface area contributed by atoms with Crippen LogP contribution in [0.2, 0.25) is 5.02 Å². The van der Waals surface area contributed by atoms with E-state index in [0.29, 0.717) is 48.7 Å². The highest BCUT2D eigenvalue weighted by atomic mass is 35.5. The number of halogens is 1. The number of nitrogens with zero attached hydrogens (tertiary/aromatic N) is 4. The van der Waals surface area contributed by atoms with Gasteiger partial charge in [-0.15, -0.1) is 0 Å². The van der Waals surface area contributed by atoms with Crippen molar-refractivity contribution in [3.63, 3.8) is 0 Å². The second kappa shape index (κ2) is 15.3. The van der Waals surface area contributed by atoms with Crippen LogP contribution in [0.4, 0.5) is 0 Å². The van der Waals surface area contributed by atoms with Crippen molar-refractivity contribution in [2.45, 2.75) is 45.6 Å². The van der Waals surface area contributed by atoms with Gasteiger partial charge in [0, 0.05) is 67.6 Å². The van der Waals surface area contributed by atoms with Crippen molar-refractivity contribution in [2.75, 3.05) is 39.5 Å². The highest BCUT2D eigenvalue weighted by Crippen LogP contribution is 2.53. The minimum Gasteiger partial charge on any atom is -0.490 e. The monoisotopic (exact) mass is 712 g/mol. The third kappa shape index (κ3) is 7.51. The first-order valence-corrected chi connectivity index (χ1v) is 17.3. The fourth-order valence-corrected chi connectivity index (χ4v) is 7.41. The Labute approximate surface area is 302 Å². The summed E-state index contributed by atoms with van der Waals surface area (Å²) >= 11 is 6.91. The summed E-state index contributed by atoms with van der Waals surface area (Å²) in [5.74, 6) is -0.444. The van der Waals surface area contributed by atoms with Gasteiger partial charge in [-0.3, -0.25) is 19.5 Å². The molecule has 2 aromatic carbocycles. The second-order valence-corrected chi connectivity index (χ2v) is 14.0. The number of aromatic nitrogens is 1. The summed E-state index contributed by atoms with van der Waals surface area (Å²) in [6, 6.07) is 16.2. The number of β-amino-alcohol motifs (C(OH)–C–C–N with tert-alkyl or cyclic N) is 1. The number of nitriles is 1. The summed E-state index contributed by atoms with van der Waals surface area (Å²) in [6.45, 7) is 6.28. The summed E-state index contributed by atoms with van der Waals surface area (Å²) < 4.78 is 18.4. The summed E-state index contributed by atoms with van der Waals surface area (Å²) in [5.41, 5.74) is 1.78. The lowest BCUT2D eigenvalue weighted by molar-refractivity contribution is -0.150. The number of rotatable bonds is 11. The van der Waals surface area contributed by atoms with Gasteiger partial charge in [-0.25, -0.2) is 0 Å². The van der Waals surface area contributed by atoms with E-state index < -0.39 is 28.9 Å². The molecule has 2 saturated heterocycles. The number of morpholine rings is 1. The number of carboxylic acid groups (broad SMARTS) is 1. The molecule has 6 rings (SSSR count). The fourth-order valence-electron chi connectivity index (χ4n) is 7.17. The molecule has 0 spiro atoms. The molecule has 2 N–H and O–H groups in total. The number of amides is 1. The van der Waals surface area contributed by atoms with E-state index in [4.69, 9.17) is 25.8 Å². The zero-order valence-electron chi connectivity index (χ0n) is 28.6. The van der Waals surface area contributed by atoms with Crippen molar-refractivity contribution < 1.29 is 34.0 Å². The van der Waals surface area contributed by atoms with E-state index in [1.807, 2.05) is 53.5 Å². The van der Waals surface area contributed by atoms with Gasteiger partial charge in [0.15, 0.2) is 0 Å². The summed E-state index contributed by atoms with van der Waals surface area (Å²) in [5, 5.41) is 29.7. The molecule has 3 aromatic rings. The summed E-state index contributed by atoms with van der Waals surface area (Å²) in [6.07, 6.45) is 8.27. The zero-order chi connectivity index (χ0) is 36.2. The Morgan fingerprint density at radius 3 is 2.59 bits per heavy atom. The lowest BCUT2D eigenvalue weighted by Gasteiger charge is -2.49. The molecule has 1 unspecified atom stereocenters. The van der Waals surface area contributed by atoms with E-state index in [1.165, 1.54) is 6.20 Å². The van der Waals surface area contributed by atoms with Gasteiger partial charge in [-0.2, -0.15) is 5.26 Å². The van der Waals surface area contributed by atoms with E-state index in [1.54, 1.807) is 29.3 Å². The predicted molar refractivity (Wildman–Crippen MR) is 190 cm³/mol. The Kier molecular flexibility index (Phi) is 10.8. The van der Waals surface area contributed by atoms with Gasteiger partial charge < -0.3 is 29.3 Å². The lowest BCUT2D eigenvalue weighted by atomic mass is 9.58. The first-order valence-electron chi connectivity index (χ1n) is 16.9. The SMILES string of the molecule is CC1(C)C(c2ccccc2)=CC=CC1(COc1cc(OCc2cncc(C#N)c2)c(CN2C[C@H](O)C[C@H]2C(=O)O)cc1Cl)C(=O)N1CCOCC1. The number of allylic oxidation sites excluding steroid dienone is 3. The number of pyridine rings is 1. The topological polar surface area (TPSA) is 145 Å². The first kappa shape index (κ1) is 36.1. The molecule has 3 aliphatic rings. The molecule has 1 aromatic heterocycles. The van der Waals surface area contributed by atoms with Gasteiger partial charge >= 0.3 is 5.97 Å². The molecule has 11 nitrogen and oxygen atoms in total. The average Bonchev–Trinajstić information content (AvgIpc) is 3.51. The van der Waals surface area contributed by atoms with Crippen molar-refractivity contribution in [3.05, 3.63) is 106 Å². The molecule has 0 saturated carbocycles. The molecule has 51 heavy (non-hydrogen) atoms. The molecule has 12 heteroatoms. The number of aliphatic hydroxyl groups is 1. The second-order valence-electron chi connectivity index (χ2n) is 13.6. The highest BCUT2D eigenvalue weighted by Gasteiger charge is 2.55. The fraction of sp³-hybridized carbons (Fsp3) is 0.385. The largest absolute Gasteiger partial charge is 0.490 e. The number of aliphatic hydroxyl groups excluding tert-OH is 1. The molecule has 1 aliphatic carbocycles. The van der Waals surface area contributed by atoms with Crippen molar-refractivity contribution in [1.82, 2.24) is 14.8 Å². The van der Waals surface area contributed by atoms with E-state index >= 15 is 0 Å². The Morgan fingerprint density at radius 1 is 1.10 bits per heavy atom. The maximum absolute atomic E-state index is 14.7. The van der Waals surface area contributed by atoms with Crippen LogP contribution in [0.5, 0.6) is 11.5 Å². The van der Waals surface area contributed by atoms with Crippen LogP contribution in [0.25, 0.3) is 5.57 Å². The average molecular weight is 713 g/mol. The lowest BCUT2D eigenvalue weighted by Crippen LogP contribution is -2.57. The third-order valence-corrected chi connectivity index (χ3v) is 10.4. The van der Waals surface area contributed by atoms with Crippen LogP contribution < -0.4 is 9.47 Å². The number of ether oxygens (including phenoxy) is 3. The van der Waals surface area contributed by atoms with Gasteiger partial charge in [0.1, 0.15) is 42.2 Å². The molecular formula is C39H41ClN4O7. The predicted octanol–water partition coefficient (Wildman–Crippen LogP) is 5.11. The number of aliphatic carboxylic acids is 1. The molecule has 1 amide bonds. The molecule has 3 heterocycles. The van der Waals surface area contributed by atoms with Crippen molar-refractivity contribution in [2.24, 2.45) is 10.8 Å². The Hall–Kier alpha value is -4.73. The van der Waals surface area contributed by atoms with Crippen LogP contribution in [0.15, 0.2) is 79.2 Å². The van der Waals surface area contributed by atoms with Gasteiger partial charge in [0.2, 0.25) is 5.91 Å². The number of likely N-dealkylation sites (tertiary alicyclic amines) is 1. The Balaban J connectivity index is 1.35. The number of carbonyl (C=O) groups excluding carboxylic acids is 1. The van der Waals surface area contributed by atoms with E-state index in [-0.39, 0.29) is 49.4 Å². The number of hydrogen-bond donors (Lipinski definition) is 2. The van der Waals surface area contributed by atoms with Crippen LogP contribution >= 0.6 is 11.6 Å². The van der Waals surface area contributed by atoms with Gasteiger partial charge in [-0.1, -0.05) is 74.0 Å². The maximum Gasteiger partial charge on any atom is 0.321 e. The molecule has 2 aliphatic heterocycles. The van der Waals surface area contributed by atoms with E-state index in [2.05, 4.69) is 24.9 Å². The molecular weight excluding hydrogens is 672 g/mol. The molecule has 2 fully saturated rings. The van der Waals surface area contributed by atoms with Crippen LogP contribution in [0.3, 0.4) is 0 Å². The molecule has 0 radical (unpaired) electrons. The molecule has 0 bridgehead atoms. The third-order valence-electron chi connectivity index (χ3n) is 10.1. The molecule has 3 atom stereocenters. The smallest absolute Gasteiger partial charge is 0.321 e. The van der Waals surface area contributed by atoms with Crippen molar-refractivity contribution in [1.29, 1.82) is 5.26 Å². The first-order chi connectivity index (χ1) is 24.5. The van der Waals surface area contributed by atoms with E-state index in [0.717, 1.165) is 11.1 Å². The Morgan fingerprint density at radius 2 is 1.86 bits per heavy atom. The molecule has 266 valence electrons. The maximum atomic E-state index is 14.7. The highest BCUT2D eigenvalue weighted by molar-refractivity contribution is 6.32. The number of carbonyl (C=O) groups is 2. The minimum atomic E-state index is -1.13. The van der Waals surface area contributed by atoms with Crippen LogP contribution in [0, 0.1) is 22.2 Å². The van der Waals surface area contributed by atoms with Crippen LogP contribution in [0.1, 0.15) is 42.5 Å². The van der Waals surface area contributed by atoms with Crippen molar-refractivity contribution >= 4 is 29.1 Å². The quantitative estimate of drug-likeness (QED) is 0.275. The van der Waals surface area contributed by atoms with Gasteiger partial charge in [-0.05, 0) is 23.3 Å². The summed E-state index contributed by atoms with van der Waals surface area (Å²) in [7, 11) is 0. The van der Waals surface area contributed by atoms with E-state index in [9.17, 15) is 25.1 Å². The number of carboxylic acids is 1. The minimum absolute atomic E-state index is 0.0388. The number of benzene rings is 2. The number of hydrogen-bond acceptors (Lipinski definition) is 9. The Bertz CT molecular complexity index is 1870. The zero-order valence-corrected chi connectivity index (χ0v) is 29.4. The van der Waals surface area contributed by atoms with Crippen LogP contribution in [-0.4, -0.2) is 88.5 Å². The standard InChI is InChI=1S/C39H41ClN4O7/c1-38(2)31(28-7-4-3-5-8-28)9-6-10-39(38,37(48)43-11-13-49-14-12-43)25-51-35-18-34(50-24-27-15-26(19-41)20-42-21-27)29(16-32(35)40)22-44-23-30(45)17-33(44)36(46)47/h3-10,15-16,18,20-21,30,33,45H,11-14,17,22-25H2,1-2H3,(H,46,47)/t30-,33+,39?/m1/s1. The van der Waals surface area contributed by atoms with Gasteiger partial charge in [0.25, 0.3) is 0 Å².